The molecule has 0 saturated carbocycles. The normalized spacial score (nSPS) is 12.0. The smallest absolute Gasteiger partial charge is 0.305 e. The summed E-state index contributed by atoms with van der Waals surface area (Å²) < 4.78 is 0. The van der Waals surface area contributed by atoms with Crippen molar-refractivity contribution in [1.82, 2.24) is 16.0 Å². The number of nitrogens with one attached hydrogen (secondary N) is 3. The van der Waals surface area contributed by atoms with Crippen molar-refractivity contribution < 1.29 is 24.3 Å². The lowest BCUT2D eigenvalue weighted by molar-refractivity contribution is -0.140. The van der Waals surface area contributed by atoms with Gasteiger partial charge in [0.25, 0.3) is 5.91 Å². The van der Waals surface area contributed by atoms with Gasteiger partial charge < -0.3 is 32.5 Å². The molecule has 2 aromatic carbocycles. The van der Waals surface area contributed by atoms with E-state index in [1.807, 2.05) is 30.3 Å². The number of rotatable bonds is 10. The highest BCUT2D eigenvalue weighted by molar-refractivity contribution is 5.98. The zero-order valence-corrected chi connectivity index (χ0v) is 17.9. The lowest BCUT2D eigenvalue weighted by Gasteiger charge is -2.20. The summed E-state index contributed by atoms with van der Waals surface area (Å²) in [6.45, 7) is 1.27. The van der Waals surface area contributed by atoms with Crippen molar-refractivity contribution in [1.29, 1.82) is 0 Å². The third-order valence-electron chi connectivity index (χ3n) is 4.46. The van der Waals surface area contributed by atoms with Crippen molar-refractivity contribution in [3.63, 3.8) is 0 Å². The number of carbonyl (C=O) groups excluding carboxylic acids is 3. The van der Waals surface area contributed by atoms with E-state index in [0.717, 1.165) is 5.56 Å². The molecule has 2 aromatic rings. The molecule has 0 aliphatic rings. The summed E-state index contributed by atoms with van der Waals surface area (Å²) in [5, 5.41) is 16.6. The maximum atomic E-state index is 12.6. The Morgan fingerprint density at radius 2 is 1.70 bits per heavy atom. The molecule has 11 nitrogen and oxygen atoms in total. The number of nitrogens with two attached hydrogens (primary N) is 2. The van der Waals surface area contributed by atoms with Gasteiger partial charge in [0.2, 0.25) is 11.8 Å². The molecule has 11 heteroatoms. The fourth-order valence-electron chi connectivity index (χ4n) is 2.90. The first-order valence-corrected chi connectivity index (χ1v) is 10.00. The number of hydrogen-bond donors (Lipinski definition) is 6. The maximum Gasteiger partial charge on any atom is 0.305 e. The third kappa shape index (κ3) is 8.32. The number of hydrogen-bond acceptors (Lipinski definition) is 5. The van der Waals surface area contributed by atoms with E-state index in [1.54, 1.807) is 19.1 Å². The highest BCUT2D eigenvalue weighted by Gasteiger charge is 2.25. The van der Waals surface area contributed by atoms with E-state index in [9.17, 15) is 19.2 Å². The number of aliphatic carboxylic acids is 1. The van der Waals surface area contributed by atoms with Gasteiger partial charge in [0, 0.05) is 5.56 Å². The molecule has 0 spiro atoms. The van der Waals surface area contributed by atoms with Crippen LogP contribution in [0.5, 0.6) is 0 Å². The van der Waals surface area contributed by atoms with Crippen molar-refractivity contribution >= 4 is 35.3 Å². The fraction of sp³-hybridized carbons (Fsp3) is 0.227. The van der Waals surface area contributed by atoms with Gasteiger partial charge in [-0.15, -0.1) is 0 Å². The monoisotopic (exact) mass is 454 g/mol. The van der Waals surface area contributed by atoms with Crippen LogP contribution < -0.4 is 27.4 Å². The molecule has 3 amide bonds. The minimum Gasteiger partial charge on any atom is -0.481 e. The summed E-state index contributed by atoms with van der Waals surface area (Å²) in [4.78, 5) is 52.2. The Bertz CT molecular complexity index is 1040. The number of carbonyl (C=O) groups is 4. The molecule has 8 N–H and O–H groups in total. The van der Waals surface area contributed by atoms with Gasteiger partial charge in [-0.25, -0.2) is 4.99 Å². The van der Waals surface area contributed by atoms with E-state index in [1.165, 1.54) is 12.1 Å². The Balaban J connectivity index is 1.96. The number of nitrogens with zero attached hydrogens (tertiary/aromatic N) is 1. The molecule has 0 fully saturated rings. The Labute approximate surface area is 190 Å². The number of carboxylic acid groups (broad SMARTS) is 1. The van der Waals surface area contributed by atoms with Crippen LogP contribution in [0.15, 0.2) is 59.6 Å². The van der Waals surface area contributed by atoms with E-state index in [2.05, 4.69) is 20.9 Å². The third-order valence-corrected chi connectivity index (χ3v) is 4.46. The first-order valence-electron chi connectivity index (χ1n) is 10.00. The molecule has 0 heterocycles. The molecule has 0 saturated heterocycles. The Kier molecular flexibility index (Phi) is 8.92. The molecule has 0 aromatic heterocycles. The molecule has 0 aliphatic heterocycles. The van der Waals surface area contributed by atoms with Gasteiger partial charge in [-0.3, -0.25) is 19.2 Å². The lowest BCUT2D eigenvalue weighted by Crippen LogP contribution is -2.50. The molecule has 0 bridgehead atoms. The molecule has 0 aliphatic carbocycles. The average molecular weight is 454 g/mol. The van der Waals surface area contributed by atoms with Crippen LogP contribution in [0.3, 0.4) is 0 Å². The van der Waals surface area contributed by atoms with Crippen molar-refractivity contribution in [2.45, 2.75) is 25.4 Å². The predicted molar refractivity (Wildman–Crippen MR) is 121 cm³/mol. The molecule has 174 valence electrons. The Morgan fingerprint density at radius 3 is 2.33 bits per heavy atom. The van der Waals surface area contributed by atoms with Crippen molar-refractivity contribution in [3.05, 3.63) is 65.7 Å². The van der Waals surface area contributed by atoms with Crippen LogP contribution in [0, 0.1) is 0 Å². The van der Waals surface area contributed by atoms with E-state index in [0.29, 0.717) is 5.69 Å². The molecular formula is C22H26N6O5. The second-order valence-electron chi connectivity index (χ2n) is 7.13. The van der Waals surface area contributed by atoms with Crippen LogP contribution >= 0.6 is 0 Å². The van der Waals surface area contributed by atoms with E-state index in [-0.39, 0.29) is 11.5 Å². The number of guanidine groups is 1. The molecule has 2 rings (SSSR count). The van der Waals surface area contributed by atoms with Gasteiger partial charge in [-0.1, -0.05) is 36.4 Å². The van der Waals surface area contributed by atoms with Gasteiger partial charge in [-0.05, 0) is 30.7 Å². The summed E-state index contributed by atoms with van der Waals surface area (Å²) >= 11 is 0. The quantitative estimate of drug-likeness (QED) is 0.218. The number of aliphatic imine (C=N–C) groups is 1. The van der Waals surface area contributed by atoms with E-state index < -0.39 is 48.7 Å². The lowest BCUT2D eigenvalue weighted by atomic mass is 10.1. The molecule has 0 unspecified atom stereocenters. The van der Waals surface area contributed by atoms with Crippen LogP contribution in [-0.2, 0) is 14.4 Å². The van der Waals surface area contributed by atoms with Gasteiger partial charge in [-0.2, -0.15) is 0 Å². The molecule has 2 atom stereocenters. The van der Waals surface area contributed by atoms with E-state index in [4.69, 9.17) is 16.6 Å². The standard InChI is InChI=1S/C22H26N6O5/c1-13(14-6-3-2-4-7-14)26-21(33)17(11-19(30)31)28-18(29)12-25-20(32)15-8-5-9-16(10-15)27-22(23)24/h2-10,13,17H,11-12H2,1H3,(H,25,32)(H,26,33)(H,28,29)(H,30,31)(H4,23,24,27)/t13-,17-/m0/s1. The largest absolute Gasteiger partial charge is 0.481 e. The van der Waals surface area contributed by atoms with Crippen molar-refractivity contribution in [3.8, 4) is 0 Å². The number of carboxylic acids is 1. The van der Waals surface area contributed by atoms with Gasteiger partial charge in [0.15, 0.2) is 5.96 Å². The SMILES string of the molecule is C[C@H](NC(=O)[C@H](CC(=O)O)NC(=O)CNC(=O)c1cccc(N=C(N)N)c1)c1ccccc1. The first-order chi connectivity index (χ1) is 15.7. The highest BCUT2D eigenvalue weighted by Crippen LogP contribution is 2.14. The van der Waals surface area contributed by atoms with Crippen LogP contribution in [0.4, 0.5) is 5.69 Å². The second-order valence-corrected chi connectivity index (χ2v) is 7.13. The topological polar surface area (TPSA) is 189 Å². The van der Waals surface area contributed by atoms with Crippen LogP contribution in [0.1, 0.15) is 35.3 Å². The fourth-order valence-corrected chi connectivity index (χ4v) is 2.90. The van der Waals surface area contributed by atoms with Crippen molar-refractivity contribution in [2.24, 2.45) is 16.5 Å². The average Bonchev–Trinajstić information content (AvgIpc) is 2.77. The van der Waals surface area contributed by atoms with Gasteiger partial charge in [0.1, 0.15) is 6.04 Å². The zero-order valence-electron chi connectivity index (χ0n) is 17.9. The predicted octanol–water partition coefficient (Wildman–Crippen LogP) is 0.158. The Hall–Kier alpha value is -4.41. The summed E-state index contributed by atoms with van der Waals surface area (Å²) in [5.74, 6) is -3.38. The van der Waals surface area contributed by atoms with Crippen molar-refractivity contribution in [2.75, 3.05) is 6.54 Å². The maximum absolute atomic E-state index is 12.6. The highest BCUT2D eigenvalue weighted by atomic mass is 16.4. The van der Waals surface area contributed by atoms with Gasteiger partial charge in [0.05, 0.1) is 24.7 Å². The van der Waals surface area contributed by atoms with Crippen LogP contribution in [0.25, 0.3) is 0 Å². The number of benzene rings is 2. The zero-order chi connectivity index (χ0) is 24.4. The van der Waals surface area contributed by atoms with Crippen LogP contribution in [0.2, 0.25) is 0 Å². The number of amides is 3. The molecule has 0 radical (unpaired) electrons. The van der Waals surface area contributed by atoms with E-state index >= 15 is 0 Å². The van der Waals surface area contributed by atoms with Crippen LogP contribution in [-0.4, -0.2) is 47.3 Å². The first kappa shape index (κ1) is 24.9. The molecule has 33 heavy (non-hydrogen) atoms. The summed E-state index contributed by atoms with van der Waals surface area (Å²) in [6.07, 6.45) is -0.617. The summed E-state index contributed by atoms with van der Waals surface area (Å²) in [6, 6.07) is 13.5. The molecular weight excluding hydrogens is 428 g/mol. The minimum absolute atomic E-state index is 0.170. The van der Waals surface area contributed by atoms with Gasteiger partial charge >= 0.3 is 5.97 Å². The second kappa shape index (κ2) is 11.8. The Morgan fingerprint density at radius 1 is 1.00 bits per heavy atom. The minimum atomic E-state index is -1.32. The summed E-state index contributed by atoms with van der Waals surface area (Å²) in [7, 11) is 0. The summed E-state index contributed by atoms with van der Waals surface area (Å²) in [5.41, 5.74) is 12.0.